The second-order valence-corrected chi connectivity index (χ2v) is 6.48. The lowest BCUT2D eigenvalue weighted by Gasteiger charge is -2.35. The normalized spacial score (nSPS) is 23.0. The Hall–Kier alpha value is -0.600. The molecule has 1 aromatic carbocycles. The Morgan fingerprint density at radius 2 is 2.22 bits per heavy atom. The van der Waals surface area contributed by atoms with E-state index >= 15 is 0 Å². The van der Waals surface area contributed by atoms with E-state index in [1.54, 1.807) is 6.07 Å². The van der Waals surface area contributed by atoms with Gasteiger partial charge in [0.15, 0.2) is 0 Å². The highest BCUT2D eigenvalue weighted by molar-refractivity contribution is 6.31. The van der Waals surface area contributed by atoms with Crippen molar-refractivity contribution >= 4 is 11.6 Å². The van der Waals surface area contributed by atoms with Crippen LogP contribution in [0.5, 0.6) is 0 Å². The first-order valence-electron chi connectivity index (χ1n) is 6.64. The second-order valence-electron chi connectivity index (χ2n) is 6.07. The van der Waals surface area contributed by atoms with Gasteiger partial charge < -0.3 is 5.32 Å². The summed E-state index contributed by atoms with van der Waals surface area (Å²) in [5.74, 6) is -0.275. The van der Waals surface area contributed by atoms with E-state index in [-0.39, 0.29) is 5.82 Å². The molecule has 0 amide bonds. The van der Waals surface area contributed by atoms with Crippen LogP contribution in [0, 0.1) is 11.2 Å². The van der Waals surface area contributed by atoms with Crippen molar-refractivity contribution in [2.45, 2.75) is 52.1 Å². The highest BCUT2D eigenvalue weighted by atomic mass is 35.5. The molecule has 1 saturated carbocycles. The number of halogens is 2. The van der Waals surface area contributed by atoms with Crippen LogP contribution in [0.3, 0.4) is 0 Å². The summed E-state index contributed by atoms with van der Waals surface area (Å²) in [5, 5.41) is 4.06. The monoisotopic (exact) mass is 269 g/mol. The third-order valence-corrected chi connectivity index (χ3v) is 4.15. The lowest BCUT2D eigenvalue weighted by atomic mass is 9.75. The minimum atomic E-state index is -0.275. The third kappa shape index (κ3) is 3.69. The van der Waals surface area contributed by atoms with Crippen molar-refractivity contribution in [2.75, 3.05) is 0 Å². The molecule has 1 N–H and O–H groups in total. The number of rotatable bonds is 3. The Bertz CT molecular complexity index is 417. The van der Waals surface area contributed by atoms with Crippen molar-refractivity contribution in [2.24, 2.45) is 5.41 Å². The van der Waals surface area contributed by atoms with E-state index < -0.39 is 0 Å². The van der Waals surface area contributed by atoms with Crippen LogP contribution >= 0.6 is 11.6 Å². The summed E-state index contributed by atoms with van der Waals surface area (Å²) in [5.41, 5.74) is 1.41. The van der Waals surface area contributed by atoms with Crippen LogP contribution in [0.25, 0.3) is 0 Å². The number of hydrogen-bond acceptors (Lipinski definition) is 1. The Kier molecular flexibility index (Phi) is 4.29. The Morgan fingerprint density at radius 3 is 2.89 bits per heavy atom. The van der Waals surface area contributed by atoms with Crippen LogP contribution in [-0.4, -0.2) is 6.04 Å². The average Bonchev–Trinajstić information content (AvgIpc) is 2.26. The van der Waals surface area contributed by atoms with Gasteiger partial charge in [0, 0.05) is 17.6 Å². The molecule has 0 aromatic heterocycles. The van der Waals surface area contributed by atoms with Crippen LogP contribution in [-0.2, 0) is 6.54 Å². The predicted molar refractivity (Wildman–Crippen MR) is 74.3 cm³/mol. The van der Waals surface area contributed by atoms with Gasteiger partial charge in [0.05, 0.1) is 0 Å². The maximum atomic E-state index is 12.9. The highest BCUT2D eigenvalue weighted by Crippen LogP contribution is 2.35. The molecule has 0 bridgehead atoms. The van der Waals surface area contributed by atoms with Crippen molar-refractivity contribution in [3.63, 3.8) is 0 Å². The predicted octanol–water partition coefficient (Wildman–Crippen LogP) is 4.54. The molecular weight excluding hydrogens is 249 g/mol. The van der Waals surface area contributed by atoms with Crippen LogP contribution in [0.2, 0.25) is 5.02 Å². The molecule has 3 heteroatoms. The highest BCUT2D eigenvalue weighted by Gasteiger charge is 2.27. The summed E-state index contributed by atoms with van der Waals surface area (Å²) in [6, 6.07) is 5.16. The first kappa shape index (κ1) is 13.8. The van der Waals surface area contributed by atoms with Crippen molar-refractivity contribution in [3.05, 3.63) is 34.6 Å². The molecule has 1 aliphatic rings. The Morgan fingerprint density at radius 1 is 1.44 bits per heavy atom. The van der Waals surface area contributed by atoms with Gasteiger partial charge in [-0.2, -0.15) is 0 Å². The van der Waals surface area contributed by atoms with Gasteiger partial charge in [-0.25, -0.2) is 4.39 Å². The fraction of sp³-hybridized carbons (Fsp3) is 0.600. The molecule has 1 fully saturated rings. The van der Waals surface area contributed by atoms with Gasteiger partial charge in [0.2, 0.25) is 0 Å². The zero-order chi connectivity index (χ0) is 13.2. The number of hydrogen-bond donors (Lipinski definition) is 1. The summed E-state index contributed by atoms with van der Waals surface area (Å²) < 4.78 is 12.9. The van der Waals surface area contributed by atoms with Crippen LogP contribution in [0.15, 0.2) is 18.2 Å². The van der Waals surface area contributed by atoms with Gasteiger partial charge >= 0.3 is 0 Å². The Labute approximate surface area is 114 Å². The molecule has 0 aliphatic heterocycles. The standard InChI is InChI=1S/C15H21ClFN/c1-15(2)7-3-4-13(9-15)18-10-11-5-6-12(17)8-14(11)16/h5-6,8,13,18H,3-4,7,9-10H2,1-2H3. The quantitative estimate of drug-likeness (QED) is 0.850. The van der Waals surface area contributed by atoms with Crippen molar-refractivity contribution in [1.29, 1.82) is 0 Å². The SMILES string of the molecule is CC1(C)CCCC(NCc2ccc(F)cc2Cl)C1. The summed E-state index contributed by atoms with van der Waals surface area (Å²) >= 11 is 6.02. The molecular formula is C15H21ClFN. The van der Waals surface area contributed by atoms with Crippen LogP contribution in [0.4, 0.5) is 4.39 Å². The van der Waals surface area contributed by atoms with Gasteiger partial charge in [-0.15, -0.1) is 0 Å². The molecule has 1 aromatic rings. The molecule has 1 aliphatic carbocycles. The minimum absolute atomic E-state index is 0.275. The molecule has 0 heterocycles. The van der Waals surface area contributed by atoms with E-state index in [1.165, 1.54) is 37.8 Å². The summed E-state index contributed by atoms with van der Waals surface area (Å²) in [6.07, 6.45) is 5.01. The first-order chi connectivity index (χ1) is 8.46. The Balaban J connectivity index is 1.91. The van der Waals surface area contributed by atoms with Gasteiger partial charge in [-0.3, -0.25) is 0 Å². The molecule has 1 nitrogen and oxygen atoms in total. The maximum Gasteiger partial charge on any atom is 0.124 e. The fourth-order valence-electron chi connectivity index (χ4n) is 2.79. The molecule has 0 radical (unpaired) electrons. The summed E-state index contributed by atoms with van der Waals surface area (Å²) in [4.78, 5) is 0. The van der Waals surface area contributed by atoms with Gasteiger partial charge in [0.25, 0.3) is 0 Å². The van der Waals surface area contributed by atoms with Crippen molar-refractivity contribution in [1.82, 2.24) is 5.32 Å². The molecule has 0 spiro atoms. The summed E-state index contributed by atoms with van der Waals surface area (Å²) in [7, 11) is 0. The minimum Gasteiger partial charge on any atom is -0.310 e. The van der Waals surface area contributed by atoms with E-state index in [4.69, 9.17) is 11.6 Å². The molecule has 1 atom stereocenters. The zero-order valence-electron chi connectivity index (χ0n) is 11.1. The smallest absolute Gasteiger partial charge is 0.124 e. The molecule has 0 saturated heterocycles. The molecule has 1 unspecified atom stereocenters. The molecule has 100 valence electrons. The summed E-state index contributed by atoms with van der Waals surface area (Å²) in [6.45, 7) is 5.37. The van der Waals surface area contributed by atoms with Crippen LogP contribution < -0.4 is 5.32 Å². The number of nitrogens with one attached hydrogen (secondary N) is 1. The molecule has 2 rings (SSSR count). The van der Waals surface area contributed by atoms with Gasteiger partial charge in [0.1, 0.15) is 5.82 Å². The average molecular weight is 270 g/mol. The largest absolute Gasteiger partial charge is 0.310 e. The van der Waals surface area contributed by atoms with E-state index in [0.717, 1.165) is 12.1 Å². The first-order valence-corrected chi connectivity index (χ1v) is 7.01. The number of benzene rings is 1. The van der Waals surface area contributed by atoms with Gasteiger partial charge in [-0.05, 0) is 42.4 Å². The van der Waals surface area contributed by atoms with E-state index in [1.807, 2.05) is 0 Å². The van der Waals surface area contributed by atoms with E-state index in [0.29, 0.717) is 16.5 Å². The third-order valence-electron chi connectivity index (χ3n) is 3.80. The zero-order valence-corrected chi connectivity index (χ0v) is 11.9. The van der Waals surface area contributed by atoms with E-state index in [9.17, 15) is 4.39 Å². The van der Waals surface area contributed by atoms with Crippen LogP contribution in [0.1, 0.15) is 45.1 Å². The maximum absolute atomic E-state index is 12.9. The lowest BCUT2D eigenvalue weighted by Crippen LogP contribution is -2.36. The topological polar surface area (TPSA) is 12.0 Å². The van der Waals surface area contributed by atoms with E-state index in [2.05, 4.69) is 19.2 Å². The molecule has 18 heavy (non-hydrogen) atoms. The second kappa shape index (κ2) is 5.58. The van der Waals surface area contributed by atoms with Crippen molar-refractivity contribution in [3.8, 4) is 0 Å². The fourth-order valence-corrected chi connectivity index (χ4v) is 3.03. The lowest BCUT2D eigenvalue weighted by molar-refractivity contribution is 0.198. The van der Waals surface area contributed by atoms with Crippen molar-refractivity contribution < 1.29 is 4.39 Å². The van der Waals surface area contributed by atoms with Gasteiger partial charge in [-0.1, -0.05) is 37.9 Å².